The number of rotatable bonds is 12. The van der Waals surface area contributed by atoms with Crippen LogP contribution in [-0.4, -0.2) is 86.8 Å². The van der Waals surface area contributed by atoms with Gasteiger partial charge in [-0.2, -0.15) is 0 Å². The molecule has 16 nitrogen and oxygen atoms in total. The van der Waals surface area contributed by atoms with E-state index in [1.165, 1.54) is 23.4 Å². The lowest BCUT2D eigenvalue weighted by molar-refractivity contribution is -0.144. The number of benzene rings is 1. The van der Waals surface area contributed by atoms with Crippen LogP contribution < -0.4 is 16.0 Å². The molecule has 3 atom stereocenters. The lowest BCUT2D eigenvalue weighted by Crippen LogP contribution is -2.43. The molecule has 0 unspecified atom stereocenters. The molecule has 0 bridgehead atoms. The second-order valence-electron chi connectivity index (χ2n) is 12.2. The molecule has 0 spiro atoms. The van der Waals surface area contributed by atoms with Crippen LogP contribution in [0.15, 0.2) is 54.1 Å². The summed E-state index contributed by atoms with van der Waals surface area (Å²) in [6, 6.07) is 6.82. The molecule has 0 aliphatic carbocycles. The Hall–Kier alpha value is -5.45. The van der Waals surface area contributed by atoms with Crippen LogP contribution >= 0.6 is 0 Å². The van der Waals surface area contributed by atoms with Crippen molar-refractivity contribution in [1.29, 1.82) is 0 Å². The minimum Gasteiger partial charge on any atom is -0.442 e. The first-order valence-corrected chi connectivity index (χ1v) is 15.1. The van der Waals surface area contributed by atoms with Crippen molar-refractivity contribution in [3.63, 3.8) is 0 Å². The van der Waals surface area contributed by atoms with Crippen molar-refractivity contribution in [3.8, 4) is 11.1 Å². The number of ether oxygens (including phenoxy) is 3. The van der Waals surface area contributed by atoms with Gasteiger partial charge in [0.15, 0.2) is 0 Å². The summed E-state index contributed by atoms with van der Waals surface area (Å²) in [5, 5.41) is 14.7. The van der Waals surface area contributed by atoms with Crippen LogP contribution in [0.3, 0.4) is 0 Å². The second-order valence-corrected chi connectivity index (χ2v) is 12.2. The van der Waals surface area contributed by atoms with Crippen molar-refractivity contribution in [2.75, 3.05) is 18.0 Å². The second kappa shape index (κ2) is 14.5. The maximum absolute atomic E-state index is 15.3. The third-order valence-electron chi connectivity index (χ3n) is 7.23. The van der Waals surface area contributed by atoms with Crippen molar-refractivity contribution in [1.82, 2.24) is 25.3 Å². The zero-order valence-electron chi connectivity index (χ0n) is 26.5. The average molecular weight is 667 g/mol. The molecular formula is C31H35FN8O8. The first-order valence-electron chi connectivity index (χ1n) is 15.1. The van der Waals surface area contributed by atoms with Crippen LogP contribution in [-0.2, 0) is 35.2 Å². The molecule has 0 saturated carbocycles. The van der Waals surface area contributed by atoms with E-state index in [1.54, 1.807) is 55.9 Å². The maximum Gasteiger partial charge on any atom is 0.516 e. The Morgan fingerprint density at radius 1 is 1.19 bits per heavy atom. The lowest BCUT2D eigenvalue weighted by Gasteiger charge is -2.21. The SMILES string of the molecule is CC(C)(C)OC(=O)OC(=O)[C@H](CCC(N)=O)NC[C@@H]1CC(c2ccc(-c3ccc(N4C[C@H](Cn5ccnn5)OC4=O)cc3F)cn2)=NO1. The number of nitrogens with one attached hydrogen (secondary N) is 1. The van der Waals surface area contributed by atoms with Crippen molar-refractivity contribution < 1.29 is 42.6 Å². The van der Waals surface area contributed by atoms with Gasteiger partial charge in [0.25, 0.3) is 0 Å². The summed E-state index contributed by atoms with van der Waals surface area (Å²) in [6.45, 7) is 5.57. The number of nitrogens with two attached hydrogens (primary N) is 1. The van der Waals surface area contributed by atoms with E-state index in [9.17, 15) is 19.2 Å². The normalized spacial score (nSPS) is 18.1. The van der Waals surface area contributed by atoms with Gasteiger partial charge in [-0.1, -0.05) is 16.4 Å². The van der Waals surface area contributed by atoms with Gasteiger partial charge >= 0.3 is 18.2 Å². The number of oxime groups is 1. The Balaban J connectivity index is 1.15. The molecule has 1 saturated heterocycles. The van der Waals surface area contributed by atoms with Crippen molar-refractivity contribution in [2.24, 2.45) is 10.9 Å². The first kappa shape index (κ1) is 33.9. The predicted molar refractivity (Wildman–Crippen MR) is 166 cm³/mol. The summed E-state index contributed by atoms with van der Waals surface area (Å²) < 4.78 is 32.0. The minimum absolute atomic E-state index is 0.00933. The summed E-state index contributed by atoms with van der Waals surface area (Å²) in [5.74, 6) is -2.09. The number of pyridine rings is 1. The fourth-order valence-electron chi connectivity index (χ4n) is 4.97. The molecule has 1 fully saturated rings. The molecule has 4 heterocycles. The Bertz CT molecular complexity index is 1680. The average Bonchev–Trinajstić information content (AvgIpc) is 3.78. The third-order valence-corrected chi connectivity index (χ3v) is 7.23. The summed E-state index contributed by atoms with van der Waals surface area (Å²) in [6.07, 6.45) is 2.21. The largest absolute Gasteiger partial charge is 0.516 e. The number of hydrogen-bond donors (Lipinski definition) is 2. The fourth-order valence-corrected chi connectivity index (χ4v) is 4.97. The quantitative estimate of drug-likeness (QED) is 0.212. The highest BCUT2D eigenvalue weighted by Gasteiger charge is 2.33. The highest BCUT2D eigenvalue weighted by Crippen LogP contribution is 2.29. The molecule has 5 rings (SSSR count). The Morgan fingerprint density at radius 3 is 2.67 bits per heavy atom. The van der Waals surface area contributed by atoms with E-state index in [4.69, 9.17) is 24.8 Å². The molecule has 0 radical (unpaired) electrons. The summed E-state index contributed by atoms with van der Waals surface area (Å²) >= 11 is 0. The third kappa shape index (κ3) is 8.87. The van der Waals surface area contributed by atoms with E-state index in [-0.39, 0.29) is 31.5 Å². The number of amides is 2. The topological polar surface area (TPSA) is 202 Å². The van der Waals surface area contributed by atoms with Gasteiger partial charge in [0, 0.05) is 42.9 Å². The predicted octanol–water partition coefficient (Wildman–Crippen LogP) is 2.70. The lowest BCUT2D eigenvalue weighted by atomic mass is 10.0. The standard InChI is InChI=1S/C31H35FN8O8/c1-31(2,3)47-30(44)46-28(42)25(8-9-27(33)41)35-15-20-13-26(37-48-20)24-7-4-18(14-34-24)22-6-5-19(12-23(22)32)40-17-21(45-29(40)43)16-39-11-10-36-38-39/h4-7,10-12,14,20-21,25,35H,8-9,13,15-17H2,1-3H3,(H2,33,41)/t20-,21-,25-/m0/s1. The molecule has 2 aliphatic heterocycles. The van der Waals surface area contributed by atoms with Gasteiger partial charge in [0.1, 0.15) is 35.4 Å². The number of carbonyl (C=O) groups excluding carboxylic acids is 4. The van der Waals surface area contributed by atoms with E-state index in [0.29, 0.717) is 35.6 Å². The number of cyclic esters (lactones) is 1. The molecule has 3 N–H and O–H groups in total. The number of aromatic nitrogens is 4. The molecule has 2 aromatic heterocycles. The number of primary amides is 1. The zero-order valence-corrected chi connectivity index (χ0v) is 26.5. The van der Waals surface area contributed by atoms with Crippen LogP contribution in [0.4, 0.5) is 19.7 Å². The van der Waals surface area contributed by atoms with Crippen LogP contribution in [0.1, 0.15) is 45.7 Å². The molecule has 1 aromatic carbocycles. The molecule has 2 aliphatic rings. The van der Waals surface area contributed by atoms with E-state index in [1.807, 2.05) is 0 Å². The first-order chi connectivity index (χ1) is 22.8. The van der Waals surface area contributed by atoms with E-state index in [0.717, 1.165) is 0 Å². The molecular weight excluding hydrogens is 631 g/mol. The van der Waals surface area contributed by atoms with Gasteiger partial charge in [-0.25, -0.2) is 23.5 Å². The van der Waals surface area contributed by atoms with Gasteiger partial charge in [-0.05, 0) is 51.5 Å². The van der Waals surface area contributed by atoms with E-state index >= 15 is 4.39 Å². The van der Waals surface area contributed by atoms with E-state index < -0.39 is 53.8 Å². The Morgan fingerprint density at radius 2 is 2.00 bits per heavy atom. The number of anilines is 1. The molecule has 17 heteroatoms. The van der Waals surface area contributed by atoms with Gasteiger partial charge in [-0.15, -0.1) is 5.10 Å². The van der Waals surface area contributed by atoms with Gasteiger partial charge < -0.3 is 30.1 Å². The van der Waals surface area contributed by atoms with Gasteiger partial charge in [0.2, 0.25) is 5.91 Å². The van der Waals surface area contributed by atoms with Gasteiger partial charge in [0.05, 0.1) is 30.7 Å². The van der Waals surface area contributed by atoms with Crippen LogP contribution in [0, 0.1) is 5.82 Å². The van der Waals surface area contributed by atoms with Crippen molar-refractivity contribution in [2.45, 2.75) is 70.4 Å². The van der Waals surface area contributed by atoms with Crippen LogP contribution in [0.2, 0.25) is 0 Å². The van der Waals surface area contributed by atoms with E-state index in [2.05, 4.69) is 25.8 Å². The number of nitrogens with zero attached hydrogens (tertiary/aromatic N) is 6. The summed E-state index contributed by atoms with van der Waals surface area (Å²) in [4.78, 5) is 59.6. The molecule has 3 aromatic rings. The minimum atomic E-state index is -1.16. The Kier molecular flexibility index (Phi) is 10.3. The molecule has 2 amide bonds. The summed E-state index contributed by atoms with van der Waals surface area (Å²) in [7, 11) is 0. The summed E-state index contributed by atoms with van der Waals surface area (Å²) in [5.41, 5.74) is 6.57. The monoisotopic (exact) mass is 666 g/mol. The Labute approximate surface area is 274 Å². The zero-order chi connectivity index (χ0) is 34.4. The van der Waals surface area contributed by atoms with Crippen LogP contribution in [0.5, 0.6) is 0 Å². The van der Waals surface area contributed by atoms with Crippen molar-refractivity contribution in [3.05, 3.63) is 60.4 Å². The number of esters is 1. The van der Waals surface area contributed by atoms with Crippen LogP contribution in [0.25, 0.3) is 11.1 Å². The highest BCUT2D eigenvalue weighted by atomic mass is 19.1. The molecule has 254 valence electrons. The fraction of sp³-hybridized carbons (Fsp3) is 0.419. The highest BCUT2D eigenvalue weighted by molar-refractivity contribution is 6.00. The van der Waals surface area contributed by atoms with Gasteiger partial charge in [-0.3, -0.25) is 14.7 Å². The van der Waals surface area contributed by atoms with Crippen molar-refractivity contribution >= 4 is 35.5 Å². The maximum atomic E-state index is 15.3. The number of hydrogen-bond acceptors (Lipinski definition) is 13. The smallest absolute Gasteiger partial charge is 0.442 e. The molecule has 48 heavy (non-hydrogen) atoms. The number of carbonyl (C=O) groups is 4. The number of halogens is 1.